The van der Waals surface area contributed by atoms with E-state index < -0.39 is 18.1 Å². The average Bonchev–Trinajstić information content (AvgIpc) is 3.21. The van der Waals surface area contributed by atoms with Gasteiger partial charge in [-0.15, -0.1) is 0 Å². The molecule has 0 aliphatic heterocycles. The van der Waals surface area contributed by atoms with Gasteiger partial charge in [-0.05, 0) is 70.6 Å². The van der Waals surface area contributed by atoms with E-state index in [-0.39, 0.29) is 42.7 Å². The number of likely N-dealkylation sites (N-methyl/N-ethyl adjacent to an activating group) is 1. The summed E-state index contributed by atoms with van der Waals surface area (Å²) in [5.74, 6) is -1.74. The van der Waals surface area contributed by atoms with E-state index in [0.29, 0.717) is 12.8 Å². The smallest absolute Gasteiger partial charge is 0.306 e. The molecule has 0 aromatic heterocycles. The minimum atomic E-state index is -1.13. The summed E-state index contributed by atoms with van der Waals surface area (Å²) in [4.78, 5) is 37.0. The molecule has 0 spiro atoms. The van der Waals surface area contributed by atoms with Gasteiger partial charge in [0.1, 0.15) is 12.6 Å². The van der Waals surface area contributed by atoms with E-state index in [4.69, 9.17) is 14.2 Å². The number of aliphatic carboxylic acids is 1. The molecule has 0 aromatic carbocycles. The summed E-state index contributed by atoms with van der Waals surface area (Å²) in [5.41, 5.74) is 0. The van der Waals surface area contributed by atoms with Crippen molar-refractivity contribution < 1.29 is 38.2 Å². The molecule has 8 heteroatoms. The molecule has 2 atom stereocenters. The Kier molecular flexibility index (Phi) is 41.4. The number of carboxylic acids is 1. The molecule has 0 heterocycles. The highest BCUT2D eigenvalue weighted by Gasteiger charge is 2.25. The number of allylic oxidation sites excluding steroid dienone is 6. The summed E-state index contributed by atoms with van der Waals surface area (Å²) in [6.07, 6.45) is 50.2. The Hall–Kier alpha value is -2.45. The largest absolute Gasteiger partial charge is 0.544 e. The first-order valence-corrected chi connectivity index (χ1v) is 25.0. The Morgan fingerprint density at radius 3 is 1.30 bits per heavy atom. The standard InChI is InChI=1S/C52H95NO7/c1-6-8-10-12-14-16-18-20-22-23-24-25-26-27-29-31-33-35-37-39-41-43-51(55)60-48(46-58-45-44-49(52(56)57)53(3,4)5)47-59-50(54)42-40-38-36-34-32-30-28-21-19-17-15-13-11-9-7-2/h18,20-21,23-24,28,48-49H,6-17,19,22,25-27,29-47H2,1-5H3/b20-18-,24-23-,28-21-. The number of hydrogen-bond acceptors (Lipinski definition) is 7. The molecule has 0 saturated heterocycles. The van der Waals surface area contributed by atoms with E-state index in [1.807, 2.05) is 0 Å². The summed E-state index contributed by atoms with van der Waals surface area (Å²) >= 11 is 0. The Morgan fingerprint density at radius 2 is 0.883 bits per heavy atom. The van der Waals surface area contributed by atoms with Crippen LogP contribution in [-0.2, 0) is 28.6 Å². The van der Waals surface area contributed by atoms with Gasteiger partial charge < -0.3 is 28.6 Å². The van der Waals surface area contributed by atoms with E-state index in [1.54, 1.807) is 21.1 Å². The quantitative estimate of drug-likeness (QED) is 0.0260. The van der Waals surface area contributed by atoms with Crippen LogP contribution in [0.1, 0.15) is 226 Å². The molecule has 60 heavy (non-hydrogen) atoms. The lowest BCUT2D eigenvalue weighted by molar-refractivity contribution is -0.889. The summed E-state index contributed by atoms with van der Waals surface area (Å²) in [5, 5.41) is 11.6. The molecule has 0 N–H and O–H groups in total. The van der Waals surface area contributed by atoms with Crippen LogP contribution < -0.4 is 5.11 Å². The van der Waals surface area contributed by atoms with Crippen molar-refractivity contribution in [3.8, 4) is 0 Å². The van der Waals surface area contributed by atoms with Crippen molar-refractivity contribution in [3.63, 3.8) is 0 Å². The number of carboxylic acid groups (broad SMARTS) is 1. The second kappa shape index (κ2) is 43.2. The zero-order valence-corrected chi connectivity index (χ0v) is 39.9. The number of carbonyl (C=O) groups excluding carboxylic acids is 3. The highest BCUT2D eigenvalue weighted by molar-refractivity contribution is 5.70. The molecule has 350 valence electrons. The maximum absolute atomic E-state index is 12.8. The van der Waals surface area contributed by atoms with E-state index >= 15 is 0 Å². The van der Waals surface area contributed by atoms with E-state index in [1.165, 1.54) is 135 Å². The fourth-order valence-corrected chi connectivity index (χ4v) is 7.33. The number of hydrogen-bond donors (Lipinski definition) is 0. The lowest BCUT2D eigenvalue weighted by atomic mass is 10.1. The SMILES string of the molecule is CCCCCCC/C=C\C/C=C\CCCCCCCCCCCC(=O)OC(COCCC(C(=O)[O-])[N+](C)(C)C)COC(=O)CCCCCCC/C=C\CCCCCCCC. The topological polar surface area (TPSA) is 102 Å². The Morgan fingerprint density at radius 1 is 0.500 bits per heavy atom. The Labute approximate surface area is 370 Å². The fourth-order valence-electron chi connectivity index (χ4n) is 7.33. The predicted molar refractivity (Wildman–Crippen MR) is 250 cm³/mol. The number of carbonyl (C=O) groups is 3. The van der Waals surface area contributed by atoms with Gasteiger partial charge in [-0.3, -0.25) is 9.59 Å². The zero-order valence-electron chi connectivity index (χ0n) is 39.9. The molecule has 0 fully saturated rings. The number of rotatable bonds is 45. The van der Waals surface area contributed by atoms with Crippen LogP contribution in [0.25, 0.3) is 0 Å². The van der Waals surface area contributed by atoms with Crippen LogP contribution in [0.5, 0.6) is 0 Å². The van der Waals surface area contributed by atoms with Gasteiger partial charge in [-0.25, -0.2) is 0 Å². The molecule has 0 rings (SSSR count). The van der Waals surface area contributed by atoms with Gasteiger partial charge in [0.05, 0.1) is 40.3 Å². The van der Waals surface area contributed by atoms with Gasteiger partial charge in [0.15, 0.2) is 6.10 Å². The van der Waals surface area contributed by atoms with E-state index in [0.717, 1.165) is 57.8 Å². The Balaban J connectivity index is 4.26. The van der Waals surface area contributed by atoms with Crippen molar-refractivity contribution in [3.05, 3.63) is 36.5 Å². The molecule has 0 aliphatic carbocycles. The summed E-state index contributed by atoms with van der Waals surface area (Å²) in [6.45, 7) is 4.65. The lowest BCUT2D eigenvalue weighted by Crippen LogP contribution is -2.55. The van der Waals surface area contributed by atoms with Gasteiger partial charge in [0.25, 0.3) is 0 Å². The summed E-state index contributed by atoms with van der Waals surface area (Å²) in [6, 6.07) is -0.727. The lowest BCUT2D eigenvalue weighted by Gasteiger charge is -2.34. The molecule has 8 nitrogen and oxygen atoms in total. The maximum Gasteiger partial charge on any atom is 0.306 e. The minimum absolute atomic E-state index is 0.0380. The van der Waals surface area contributed by atoms with Crippen LogP contribution in [0.4, 0.5) is 0 Å². The first-order valence-electron chi connectivity index (χ1n) is 25.0. The van der Waals surface area contributed by atoms with Gasteiger partial charge in [0.2, 0.25) is 0 Å². The van der Waals surface area contributed by atoms with Crippen molar-refractivity contribution in [2.24, 2.45) is 0 Å². The number of esters is 2. The van der Waals surface area contributed by atoms with Crippen molar-refractivity contribution in [1.29, 1.82) is 0 Å². The van der Waals surface area contributed by atoms with Crippen LogP contribution in [0.3, 0.4) is 0 Å². The predicted octanol–water partition coefficient (Wildman–Crippen LogP) is 12.9. The maximum atomic E-state index is 12.8. The third kappa shape index (κ3) is 40.9. The van der Waals surface area contributed by atoms with Crippen molar-refractivity contribution >= 4 is 17.9 Å². The van der Waals surface area contributed by atoms with Crippen molar-refractivity contribution in [2.75, 3.05) is 41.0 Å². The van der Waals surface area contributed by atoms with E-state index in [9.17, 15) is 19.5 Å². The van der Waals surface area contributed by atoms with Gasteiger partial charge in [-0.2, -0.15) is 0 Å². The third-order valence-electron chi connectivity index (χ3n) is 11.2. The number of unbranched alkanes of at least 4 members (excludes halogenated alkanes) is 25. The normalized spacial score (nSPS) is 13.2. The summed E-state index contributed by atoms with van der Waals surface area (Å²) in [7, 11) is 5.41. The second-order valence-electron chi connectivity index (χ2n) is 18.0. The fraction of sp³-hybridized carbons (Fsp3) is 0.827. The van der Waals surface area contributed by atoms with Gasteiger partial charge in [0, 0.05) is 19.3 Å². The number of quaternary nitrogens is 1. The molecule has 2 unspecified atom stereocenters. The van der Waals surface area contributed by atoms with Crippen molar-refractivity contribution in [1.82, 2.24) is 0 Å². The monoisotopic (exact) mass is 846 g/mol. The molecule has 0 bridgehead atoms. The molecule has 0 amide bonds. The highest BCUT2D eigenvalue weighted by Crippen LogP contribution is 2.15. The number of ether oxygens (including phenoxy) is 3. The number of nitrogens with zero attached hydrogens (tertiary/aromatic N) is 1. The van der Waals surface area contributed by atoms with Crippen molar-refractivity contribution in [2.45, 2.75) is 238 Å². The molecule has 0 aliphatic rings. The minimum Gasteiger partial charge on any atom is -0.544 e. The van der Waals surface area contributed by atoms with Gasteiger partial charge in [-0.1, -0.05) is 172 Å². The first kappa shape index (κ1) is 57.5. The van der Waals surface area contributed by atoms with E-state index in [2.05, 4.69) is 50.3 Å². The van der Waals surface area contributed by atoms with Gasteiger partial charge >= 0.3 is 11.9 Å². The third-order valence-corrected chi connectivity index (χ3v) is 11.2. The molecular formula is C52H95NO7. The van der Waals surface area contributed by atoms with Crippen LogP contribution in [0, 0.1) is 0 Å². The second-order valence-corrected chi connectivity index (χ2v) is 18.0. The molecular weight excluding hydrogens is 751 g/mol. The molecule has 0 aromatic rings. The van der Waals surface area contributed by atoms with Crippen LogP contribution in [-0.4, -0.2) is 75.5 Å². The first-order chi connectivity index (χ1) is 29.1. The average molecular weight is 846 g/mol. The summed E-state index contributed by atoms with van der Waals surface area (Å²) < 4.78 is 17.2. The molecule has 0 radical (unpaired) electrons. The molecule has 0 saturated carbocycles. The Bertz CT molecular complexity index is 1080. The van der Waals surface area contributed by atoms with Crippen LogP contribution >= 0.6 is 0 Å². The highest BCUT2D eigenvalue weighted by atomic mass is 16.6. The van der Waals surface area contributed by atoms with Crippen LogP contribution in [0.2, 0.25) is 0 Å². The van der Waals surface area contributed by atoms with Crippen LogP contribution in [0.15, 0.2) is 36.5 Å². The zero-order chi connectivity index (χ0) is 44.2.